The molecule has 164 valence electrons. The topological polar surface area (TPSA) is 113 Å². The molecule has 1 aliphatic heterocycles. The second kappa shape index (κ2) is 11.1. The van der Waals surface area contributed by atoms with Gasteiger partial charge in [0.15, 0.2) is 5.82 Å². The Morgan fingerprint density at radius 2 is 1.97 bits per heavy atom. The normalized spacial score (nSPS) is 13.2. The lowest BCUT2D eigenvalue weighted by molar-refractivity contribution is -0.137. The number of halogens is 3. The van der Waals surface area contributed by atoms with Gasteiger partial charge in [-0.15, -0.1) is 0 Å². The van der Waals surface area contributed by atoms with Gasteiger partial charge in [-0.3, -0.25) is 9.79 Å². The molecule has 0 aliphatic carbocycles. The number of phenolic OH excluding ortho intramolecular Hbond substituents is 1. The van der Waals surface area contributed by atoms with Crippen LogP contribution in [-0.4, -0.2) is 40.8 Å². The van der Waals surface area contributed by atoms with Crippen LogP contribution in [0.2, 0.25) is 0 Å². The summed E-state index contributed by atoms with van der Waals surface area (Å²) in [6, 6.07) is 1.59. The third-order valence-corrected chi connectivity index (χ3v) is 3.88. The summed E-state index contributed by atoms with van der Waals surface area (Å²) < 4.78 is 38.1. The quantitative estimate of drug-likeness (QED) is 0.635. The molecule has 0 radical (unpaired) electrons. The van der Waals surface area contributed by atoms with Gasteiger partial charge >= 0.3 is 6.18 Å². The summed E-state index contributed by atoms with van der Waals surface area (Å²) in [7, 11) is 1.54. The number of anilines is 1. The standard InChI is InChI=1S/C14H13F3N4O.C4H7NO.C2H6/c1-7-3-8(14(15,16)17)4-11(22)12(7)9-6-20-10(5-19-2)13(18)21-9;6-4-2-1-3-5-4;1-2/h3-6,22H,1-2H3,(H2,18,21);1-3H2,(H,5,6);1-2H3. The zero-order chi connectivity index (χ0) is 22.9. The number of nitrogens with two attached hydrogens (primary N) is 1. The molecule has 30 heavy (non-hydrogen) atoms. The number of amides is 1. The van der Waals surface area contributed by atoms with E-state index in [-0.39, 0.29) is 28.5 Å². The minimum atomic E-state index is -4.53. The summed E-state index contributed by atoms with van der Waals surface area (Å²) in [5.41, 5.74) is 5.70. The van der Waals surface area contributed by atoms with Crippen molar-refractivity contribution in [2.24, 2.45) is 4.99 Å². The van der Waals surface area contributed by atoms with E-state index in [2.05, 4.69) is 20.3 Å². The molecule has 7 nitrogen and oxygen atoms in total. The number of carbonyl (C=O) groups is 1. The third kappa shape index (κ3) is 6.71. The number of hydrogen-bond acceptors (Lipinski definition) is 6. The highest BCUT2D eigenvalue weighted by molar-refractivity contribution is 5.84. The summed E-state index contributed by atoms with van der Waals surface area (Å²) in [6.07, 6.45) is -0.0416. The molecule has 0 atom stereocenters. The SMILES string of the molecule is CC.CN=Cc1ncc(-c2c(C)cc(C(F)(F)F)cc2O)nc1N.O=C1CCCN1. The van der Waals surface area contributed by atoms with Crippen LogP contribution in [0.5, 0.6) is 5.75 Å². The van der Waals surface area contributed by atoms with Crippen molar-refractivity contribution in [2.75, 3.05) is 19.3 Å². The van der Waals surface area contributed by atoms with Crippen molar-refractivity contribution >= 4 is 17.9 Å². The number of aryl methyl sites for hydroxylation is 1. The van der Waals surface area contributed by atoms with E-state index in [1.165, 1.54) is 19.3 Å². The fraction of sp³-hybridized carbons (Fsp3) is 0.400. The summed E-state index contributed by atoms with van der Waals surface area (Å²) in [5, 5.41) is 12.6. The Labute approximate surface area is 173 Å². The number of rotatable bonds is 2. The fourth-order valence-electron chi connectivity index (χ4n) is 2.59. The summed E-state index contributed by atoms with van der Waals surface area (Å²) in [6.45, 7) is 6.34. The zero-order valence-electron chi connectivity index (χ0n) is 17.3. The van der Waals surface area contributed by atoms with Crippen LogP contribution >= 0.6 is 0 Å². The summed E-state index contributed by atoms with van der Waals surface area (Å²) >= 11 is 0. The van der Waals surface area contributed by atoms with E-state index in [1.54, 1.807) is 7.05 Å². The number of aromatic nitrogens is 2. The Morgan fingerprint density at radius 1 is 1.30 bits per heavy atom. The van der Waals surface area contributed by atoms with Gasteiger partial charge in [0.25, 0.3) is 0 Å². The predicted octanol–water partition coefficient (Wildman–Crippen LogP) is 3.73. The Kier molecular flexibility index (Phi) is 9.22. The summed E-state index contributed by atoms with van der Waals surface area (Å²) in [4.78, 5) is 22.0. The maximum Gasteiger partial charge on any atom is 0.416 e. The molecule has 1 aliphatic rings. The molecule has 0 spiro atoms. The van der Waals surface area contributed by atoms with E-state index in [4.69, 9.17) is 5.73 Å². The first-order chi connectivity index (χ1) is 14.1. The molecule has 1 amide bonds. The van der Waals surface area contributed by atoms with Gasteiger partial charge in [0.2, 0.25) is 5.91 Å². The van der Waals surface area contributed by atoms with Gasteiger partial charge in [-0.25, -0.2) is 9.97 Å². The Balaban J connectivity index is 0.000000474. The van der Waals surface area contributed by atoms with E-state index >= 15 is 0 Å². The lowest BCUT2D eigenvalue weighted by Crippen LogP contribution is -2.12. The van der Waals surface area contributed by atoms with Gasteiger partial charge in [0, 0.05) is 25.6 Å². The smallest absolute Gasteiger partial charge is 0.416 e. The van der Waals surface area contributed by atoms with Gasteiger partial charge in [-0.1, -0.05) is 13.8 Å². The van der Waals surface area contributed by atoms with Gasteiger partial charge in [-0.05, 0) is 31.0 Å². The van der Waals surface area contributed by atoms with Crippen molar-refractivity contribution in [1.82, 2.24) is 15.3 Å². The largest absolute Gasteiger partial charge is 0.507 e. The highest BCUT2D eigenvalue weighted by Gasteiger charge is 2.32. The highest BCUT2D eigenvalue weighted by Crippen LogP contribution is 2.38. The molecule has 2 heterocycles. The zero-order valence-corrected chi connectivity index (χ0v) is 17.3. The maximum absolute atomic E-state index is 12.7. The van der Waals surface area contributed by atoms with Crippen molar-refractivity contribution in [2.45, 2.75) is 39.8 Å². The number of nitrogens with zero attached hydrogens (tertiary/aromatic N) is 3. The van der Waals surface area contributed by atoms with E-state index in [9.17, 15) is 23.1 Å². The number of benzene rings is 1. The lowest BCUT2D eigenvalue weighted by Gasteiger charge is -2.13. The highest BCUT2D eigenvalue weighted by atomic mass is 19.4. The molecule has 0 bridgehead atoms. The first-order valence-corrected chi connectivity index (χ1v) is 9.36. The molecule has 0 saturated carbocycles. The molecule has 4 N–H and O–H groups in total. The van der Waals surface area contributed by atoms with Crippen LogP contribution in [0.15, 0.2) is 23.3 Å². The minimum absolute atomic E-state index is 0.0711. The van der Waals surface area contributed by atoms with Crippen molar-refractivity contribution in [3.63, 3.8) is 0 Å². The van der Waals surface area contributed by atoms with E-state index in [0.717, 1.165) is 25.5 Å². The number of nitrogen functional groups attached to an aromatic ring is 1. The van der Waals surface area contributed by atoms with Crippen LogP contribution in [-0.2, 0) is 11.0 Å². The van der Waals surface area contributed by atoms with Crippen molar-refractivity contribution < 1.29 is 23.1 Å². The van der Waals surface area contributed by atoms with Crippen LogP contribution in [0, 0.1) is 6.92 Å². The first kappa shape index (κ1) is 24.9. The van der Waals surface area contributed by atoms with E-state index in [1.807, 2.05) is 13.8 Å². The van der Waals surface area contributed by atoms with Crippen molar-refractivity contribution in [1.29, 1.82) is 0 Å². The first-order valence-electron chi connectivity index (χ1n) is 9.36. The Hall–Kier alpha value is -3.17. The minimum Gasteiger partial charge on any atom is -0.507 e. The fourth-order valence-corrected chi connectivity index (χ4v) is 2.59. The van der Waals surface area contributed by atoms with Gasteiger partial charge in [-0.2, -0.15) is 13.2 Å². The Bertz CT molecular complexity index is 867. The molecular weight excluding hydrogens is 399 g/mol. The molecule has 2 aromatic rings. The number of aromatic hydroxyl groups is 1. The Morgan fingerprint density at radius 3 is 2.37 bits per heavy atom. The van der Waals surface area contributed by atoms with E-state index in [0.29, 0.717) is 11.8 Å². The lowest BCUT2D eigenvalue weighted by atomic mass is 10.0. The predicted molar refractivity (Wildman–Crippen MR) is 110 cm³/mol. The summed E-state index contributed by atoms with van der Waals surface area (Å²) in [5.74, 6) is -0.255. The average Bonchev–Trinajstić information content (AvgIpc) is 3.16. The van der Waals surface area contributed by atoms with Crippen LogP contribution in [0.1, 0.15) is 43.5 Å². The third-order valence-electron chi connectivity index (χ3n) is 3.88. The van der Waals surface area contributed by atoms with Crippen LogP contribution in [0.25, 0.3) is 11.3 Å². The van der Waals surface area contributed by atoms with Crippen molar-refractivity contribution in [3.05, 3.63) is 35.2 Å². The number of nitrogens with one attached hydrogen (secondary N) is 1. The van der Waals surface area contributed by atoms with Crippen LogP contribution < -0.4 is 11.1 Å². The molecule has 10 heteroatoms. The van der Waals surface area contributed by atoms with Crippen LogP contribution in [0.3, 0.4) is 0 Å². The van der Waals surface area contributed by atoms with E-state index < -0.39 is 17.5 Å². The number of alkyl halides is 3. The number of hydrogen-bond donors (Lipinski definition) is 3. The molecular formula is C20H26F3N5O2. The monoisotopic (exact) mass is 425 g/mol. The molecule has 1 fully saturated rings. The van der Waals surface area contributed by atoms with Gasteiger partial charge < -0.3 is 16.2 Å². The number of phenols is 1. The second-order valence-electron chi connectivity index (χ2n) is 6.05. The molecule has 1 saturated heterocycles. The van der Waals surface area contributed by atoms with Crippen molar-refractivity contribution in [3.8, 4) is 17.0 Å². The molecule has 1 aromatic heterocycles. The van der Waals surface area contributed by atoms with Gasteiger partial charge in [0.1, 0.15) is 11.4 Å². The average molecular weight is 425 g/mol. The molecule has 0 unspecified atom stereocenters. The van der Waals surface area contributed by atoms with Gasteiger partial charge in [0.05, 0.1) is 23.7 Å². The van der Waals surface area contributed by atoms with Crippen LogP contribution in [0.4, 0.5) is 19.0 Å². The maximum atomic E-state index is 12.7. The molecule has 1 aromatic carbocycles. The molecule has 3 rings (SSSR count). The number of carbonyl (C=O) groups excluding carboxylic acids is 1. The number of aliphatic imine (C=N–C) groups is 1. The second-order valence-corrected chi connectivity index (χ2v) is 6.05.